The lowest BCUT2D eigenvalue weighted by Crippen LogP contribution is -2.32. The third-order valence-corrected chi connectivity index (χ3v) is 4.43. The summed E-state index contributed by atoms with van der Waals surface area (Å²) in [7, 11) is 1.70. The fourth-order valence-corrected chi connectivity index (χ4v) is 3.22. The molecule has 2 rings (SSSR count). The van der Waals surface area contributed by atoms with Crippen LogP contribution >= 0.6 is 11.8 Å². The summed E-state index contributed by atoms with van der Waals surface area (Å²) in [6.45, 7) is 3.27. The second kappa shape index (κ2) is 5.60. The van der Waals surface area contributed by atoms with Crippen molar-refractivity contribution < 1.29 is 4.74 Å². The maximum atomic E-state index is 5.14. The van der Waals surface area contributed by atoms with Crippen LogP contribution in [0.25, 0.3) is 0 Å². The first-order valence-electron chi connectivity index (χ1n) is 5.77. The van der Waals surface area contributed by atoms with E-state index in [9.17, 15) is 0 Å². The predicted molar refractivity (Wildman–Crippen MR) is 70.2 cm³/mol. The lowest BCUT2D eigenvalue weighted by molar-refractivity contribution is 0.414. The topological polar surface area (TPSA) is 21.3 Å². The molecule has 1 N–H and O–H groups in total. The van der Waals surface area contributed by atoms with Gasteiger partial charge in [0.25, 0.3) is 0 Å². The fraction of sp³-hybridized carbons (Fsp3) is 0.538. The van der Waals surface area contributed by atoms with Crippen LogP contribution in [0, 0.1) is 0 Å². The molecule has 1 aliphatic heterocycles. The number of thioether (sulfide) groups is 1. The van der Waals surface area contributed by atoms with Crippen LogP contribution in [0.3, 0.4) is 0 Å². The molecule has 88 valence electrons. The van der Waals surface area contributed by atoms with Gasteiger partial charge in [-0.3, -0.25) is 0 Å². The van der Waals surface area contributed by atoms with Crippen LogP contribution in [0.2, 0.25) is 0 Å². The lowest BCUT2D eigenvalue weighted by Gasteiger charge is -2.16. The molecule has 1 heterocycles. The third-order valence-electron chi connectivity index (χ3n) is 3.10. The van der Waals surface area contributed by atoms with E-state index in [1.165, 1.54) is 17.7 Å². The number of methoxy groups -OCH3 is 1. The maximum Gasteiger partial charge on any atom is 0.118 e. The molecule has 0 radical (unpaired) electrons. The minimum atomic E-state index is 0.673. The van der Waals surface area contributed by atoms with Gasteiger partial charge in [-0.1, -0.05) is 19.1 Å². The normalized spacial score (nSPS) is 24.6. The molecule has 16 heavy (non-hydrogen) atoms. The molecule has 0 aromatic heterocycles. The third kappa shape index (κ3) is 2.92. The molecule has 3 heteroatoms. The summed E-state index contributed by atoms with van der Waals surface area (Å²) >= 11 is 2.06. The molecule has 1 aromatic carbocycles. The van der Waals surface area contributed by atoms with Gasteiger partial charge in [0.15, 0.2) is 0 Å². The van der Waals surface area contributed by atoms with Gasteiger partial charge >= 0.3 is 0 Å². The van der Waals surface area contributed by atoms with E-state index in [2.05, 4.69) is 36.1 Å². The molecule has 1 saturated heterocycles. The smallest absolute Gasteiger partial charge is 0.118 e. The lowest BCUT2D eigenvalue weighted by atomic mass is 10.1. The van der Waals surface area contributed by atoms with Gasteiger partial charge in [-0.15, -0.1) is 0 Å². The highest BCUT2D eigenvalue weighted by atomic mass is 32.2. The summed E-state index contributed by atoms with van der Waals surface area (Å²) < 4.78 is 5.14. The van der Waals surface area contributed by atoms with Gasteiger partial charge < -0.3 is 10.1 Å². The molecule has 0 spiro atoms. The second-order valence-electron chi connectivity index (χ2n) is 4.20. The molecule has 1 fully saturated rings. The summed E-state index contributed by atoms with van der Waals surface area (Å²) in [6.07, 6.45) is 1.29. The van der Waals surface area contributed by atoms with E-state index in [1.807, 2.05) is 12.1 Å². The van der Waals surface area contributed by atoms with Gasteiger partial charge in [-0.05, 0) is 29.9 Å². The van der Waals surface area contributed by atoms with Crippen LogP contribution in [-0.2, 0) is 6.54 Å². The zero-order valence-electron chi connectivity index (χ0n) is 9.90. The van der Waals surface area contributed by atoms with E-state index in [4.69, 9.17) is 4.74 Å². The SMILES string of the molecule is COc1ccc(CNC2CCSC2C)cc1. The number of rotatable bonds is 4. The van der Waals surface area contributed by atoms with Crippen molar-refractivity contribution in [3.8, 4) is 5.75 Å². The summed E-state index contributed by atoms with van der Waals surface area (Å²) in [6, 6.07) is 8.96. The van der Waals surface area contributed by atoms with Gasteiger partial charge in [0.1, 0.15) is 5.75 Å². The summed E-state index contributed by atoms with van der Waals surface area (Å²) in [5.41, 5.74) is 1.32. The van der Waals surface area contributed by atoms with E-state index in [0.29, 0.717) is 6.04 Å². The molecule has 2 unspecified atom stereocenters. The van der Waals surface area contributed by atoms with Gasteiger partial charge in [-0.25, -0.2) is 0 Å². The predicted octanol–water partition coefficient (Wildman–Crippen LogP) is 2.68. The molecule has 2 nitrogen and oxygen atoms in total. The molecule has 1 aromatic rings. The number of hydrogen-bond donors (Lipinski definition) is 1. The van der Waals surface area contributed by atoms with E-state index in [-0.39, 0.29) is 0 Å². The van der Waals surface area contributed by atoms with Gasteiger partial charge in [0.2, 0.25) is 0 Å². The average molecular weight is 237 g/mol. The molecular formula is C13H19NOS. The first-order valence-corrected chi connectivity index (χ1v) is 6.82. The van der Waals surface area contributed by atoms with Crippen molar-refractivity contribution in [1.82, 2.24) is 5.32 Å². The molecule has 0 amide bonds. The van der Waals surface area contributed by atoms with Crippen molar-refractivity contribution in [2.75, 3.05) is 12.9 Å². The minimum Gasteiger partial charge on any atom is -0.497 e. The average Bonchev–Trinajstić information content (AvgIpc) is 2.73. The Morgan fingerprint density at radius 3 is 2.69 bits per heavy atom. The summed E-state index contributed by atoms with van der Waals surface area (Å²) in [5.74, 6) is 2.22. The number of ether oxygens (including phenoxy) is 1. The van der Waals surface area contributed by atoms with Crippen LogP contribution in [0.5, 0.6) is 5.75 Å². The number of nitrogens with one attached hydrogen (secondary N) is 1. The Kier molecular flexibility index (Phi) is 4.13. The summed E-state index contributed by atoms with van der Waals surface area (Å²) in [4.78, 5) is 0. The quantitative estimate of drug-likeness (QED) is 0.870. The highest BCUT2D eigenvalue weighted by Gasteiger charge is 2.22. The zero-order valence-corrected chi connectivity index (χ0v) is 10.7. The Balaban J connectivity index is 1.84. The van der Waals surface area contributed by atoms with E-state index in [0.717, 1.165) is 17.5 Å². The van der Waals surface area contributed by atoms with Crippen LogP contribution in [0.1, 0.15) is 18.9 Å². The molecule has 0 bridgehead atoms. The molecular weight excluding hydrogens is 218 g/mol. The first kappa shape index (κ1) is 11.8. The standard InChI is InChI=1S/C13H19NOS/c1-10-13(7-8-16-10)14-9-11-3-5-12(15-2)6-4-11/h3-6,10,13-14H,7-9H2,1-2H3. The highest BCUT2D eigenvalue weighted by Crippen LogP contribution is 2.26. The Morgan fingerprint density at radius 1 is 1.38 bits per heavy atom. The van der Waals surface area contributed by atoms with Gasteiger partial charge in [0, 0.05) is 17.8 Å². The van der Waals surface area contributed by atoms with Crippen molar-refractivity contribution in [1.29, 1.82) is 0 Å². The number of benzene rings is 1. The Labute approximate surface area is 102 Å². The maximum absolute atomic E-state index is 5.14. The fourth-order valence-electron chi connectivity index (χ4n) is 1.99. The van der Waals surface area contributed by atoms with E-state index >= 15 is 0 Å². The zero-order chi connectivity index (χ0) is 11.4. The second-order valence-corrected chi connectivity index (χ2v) is 5.69. The van der Waals surface area contributed by atoms with Crippen molar-refractivity contribution in [3.63, 3.8) is 0 Å². The van der Waals surface area contributed by atoms with Crippen LogP contribution in [0.15, 0.2) is 24.3 Å². The Hall–Kier alpha value is -0.670. The molecule has 0 saturated carbocycles. The van der Waals surface area contributed by atoms with E-state index in [1.54, 1.807) is 7.11 Å². The Morgan fingerprint density at radius 2 is 2.12 bits per heavy atom. The van der Waals surface area contributed by atoms with Gasteiger partial charge in [-0.2, -0.15) is 11.8 Å². The molecule has 0 aliphatic carbocycles. The van der Waals surface area contributed by atoms with Crippen LogP contribution in [-0.4, -0.2) is 24.2 Å². The number of hydrogen-bond acceptors (Lipinski definition) is 3. The van der Waals surface area contributed by atoms with Crippen molar-refractivity contribution in [2.45, 2.75) is 31.2 Å². The summed E-state index contributed by atoms with van der Waals surface area (Å²) in [5, 5.41) is 4.37. The minimum absolute atomic E-state index is 0.673. The molecule has 2 atom stereocenters. The largest absolute Gasteiger partial charge is 0.497 e. The van der Waals surface area contributed by atoms with Crippen molar-refractivity contribution in [3.05, 3.63) is 29.8 Å². The highest BCUT2D eigenvalue weighted by molar-refractivity contribution is 8.00. The van der Waals surface area contributed by atoms with Crippen molar-refractivity contribution >= 4 is 11.8 Å². The van der Waals surface area contributed by atoms with Crippen LogP contribution < -0.4 is 10.1 Å². The van der Waals surface area contributed by atoms with Crippen LogP contribution in [0.4, 0.5) is 0 Å². The van der Waals surface area contributed by atoms with Crippen molar-refractivity contribution in [2.24, 2.45) is 0 Å². The monoisotopic (exact) mass is 237 g/mol. The Bertz CT molecular complexity index is 325. The molecule has 1 aliphatic rings. The van der Waals surface area contributed by atoms with Gasteiger partial charge in [0.05, 0.1) is 7.11 Å². The first-order chi connectivity index (χ1) is 7.79. The van der Waals surface area contributed by atoms with E-state index < -0.39 is 0 Å².